The number of hydrogen-bond donors (Lipinski definition) is 2. The molecular weight excluding hydrogens is 200 g/mol. The highest BCUT2D eigenvalue weighted by molar-refractivity contribution is 5.78. The molecule has 3 aliphatic rings. The Morgan fingerprint density at radius 3 is 2.38 bits per heavy atom. The molecule has 0 aromatic carbocycles. The van der Waals surface area contributed by atoms with Crippen LogP contribution < -0.4 is 11.1 Å². The highest BCUT2D eigenvalue weighted by atomic mass is 16.1. The van der Waals surface area contributed by atoms with E-state index in [2.05, 4.69) is 5.32 Å². The van der Waals surface area contributed by atoms with E-state index in [9.17, 15) is 4.79 Å². The average molecular weight is 222 g/mol. The van der Waals surface area contributed by atoms with Gasteiger partial charge in [0.2, 0.25) is 5.91 Å². The van der Waals surface area contributed by atoms with Crippen molar-refractivity contribution in [2.45, 2.75) is 51.1 Å². The summed E-state index contributed by atoms with van der Waals surface area (Å²) in [6.07, 6.45) is 4.68. The maximum absolute atomic E-state index is 11.8. The molecule has 0 spiro atoms. The molecule has 1 amide bonds. The third-order valence-corrected chi connectivity index (χ3v) is 4.68. The summed E-state index contributed by atoms with van der Waals surface area (Å²) in [6.45, 7) is 3.81. The van der Waals surface area contributed by atoms with Gasteiger partial charge < -0.3 is 11.1 Å². The molecule has 2 bridgehead atoms. The molecule has 3 N–H and O–H groups in total. The van der Waals surface area contributed by atoms with Crippen LogP contribution in [-0.4, -0.2) is 17.5 Å². The summed E-state index contributed by atoms with van der Waals surface area (Å²) in [7, 11) is 0. The van der Waals surface area contributed by atoms with Gasteiger partial charge in [0.15, 0.2) is 0 Å². The van der Waals surface area contributed by atoms with Gasteiger partial charge in [-0.05, 0) is 56.8 Å². The SMILES string of the molecule is CC(C)(N)CC(=O)NC1C2C3CCC(C3)C12. The predicted molar refractivity (Wildman–Crippen MR) is 62.6 cm³/mol. The van der Waals surface area contributed by atoms with Gasteiger partial charge in [-0.15, -0.1) is 0 Å². The zero-order chi connectivity index (χ0) is 11.5. The lowest BCUT2D eigenvalue weighted by Gasteiger charge is -2.18. The lowest BCUT2D eigenvalue weighted by atomic mass is 10.0. The summed E-state index contributed by atoms with van der Waals surface area (Å²) in [5, 5.41) is 3.19. The molecule has 3 rings (SSSR count). The smallest absolute Gasteiger partial charge is 0.222 e. The fraction of sp³-hybridized carbons (Fsp3) is 0.923. The zero-order valence-electron chi connectivity index (χ0n) is 10.2. The molecular formula is C13H22N2O. The van der Waals surface area contributed by atoms with Gasteiger partial charge in [0, 0.05) is 18.0 Å². The molecule has 3 fully saturated rings. The number of fused-ring (bicyclic) bond motifs is 5. The lowest BCUT2D eigenvalue weighted by Crippen LogP contribution is -2.40. The Hall–Kier alpha value is -0.570. The van der Waals surface area contributed by atoms with E-state index in [1.807, 2.05) is 13.8 Å². The number of rotatable bonds is 3. The van der Waals surface area contributed by atoms with Crippen LogP contribution in [0.1, 0.15) is 39.5 Å². The summed E-state index contributed by atoms with van der Waals surface area (Å²) >= 11 is 0. The highest BCUT2D eigenvalue weighted by Crippen LogP contribution is 2.65. The number of nitrogens with one attached hydrogen (secondary N) is 1. The largest absolute Gasteiger partial charge is 0.353 e. The quantitative estimate of drug-likeness (QED) is 0.755. The average Bonchev–Trinajstić information content (AvgIpc) is 2.56. The summed E-state index contributed by atoms with van der Waals surface area (Å²) in [4.78, 5) is 11.8. The molecule has 0 saturated heterocycles. The summed E-state index contributed by atoms with van der Waals surface area (Å²) in [5.74, 6) is 3.64. The van der Waals surface area contributed by atoms with Gasteiger partial charge >= 0.3 is 0 Å². The minimum atomic E-state index is -0.382. The first-order valence-electron chi connectivity index (χ1n) is 6.54. The van der Waals surface area contributed by atoms with Gasteiger partial charge in [-0.2, -0.15) is 0 Å². The molecule has 0 radical (unpaired) electrons. The van der Waals surface area contributed by atoms with Crippen LogP contribution in [0.5, 0.6) is 0 Å². The van der Waals surface area contributed by atoms with Crippen LogP contribution in [0.2, 0.25) is 0 Å². The molecule has 4 unspecified atom stereocenters. The lowest BCUT2D eigenvalue weighted by molar-refractivity contribution is -0.122. The van der Waals surface area contributed by atoms with Crippen molar-refractivity contribution in [2.75, 3.05) is 0 Å². The van der Waals surface area contributed by atoms with E-state index >= 15 is 0 Å². The van der Waals surface area contributed by atoms with Crippen LogP contribution in [0, 0.1) is 23.7 Å². The van der Waals surface area contributed by atoms with Crippen LogP contribution in [0.15, 0.2) is 0 Å². The van der Waals surface area contributed by atoms with E-state index < -0.39 is 0 Å². The second-order valence-corrected chi connectivity index (χ2v) is 6.75. The Labute approximate surface area is 97.2 Å². The first-order chi connectivity index (χ1) is 7.46. The molecule has 3 heteroatoms. The van der Waals surface area contributed by atoms with E-state index in [0.29, 0.717) is 12.5 Å². The van der Waals surface area contributed by atoms with Crippen LogP contribution >= 0.6 is 0 Å². The van der Waals surface area contributed by atoms with Crippen molar-refractivity contribution in [3.63, 3.8) is 0 Å². The topological polar surface area (TPSA) is 55.1 Å². The van der Waals surface area contributed by atoms with Crippen molar-refractivity contribution in [2.24, 2.45) is 29.4 Å². The molecule has 0 aliphatic heterocycles. The Morgan fingerprint density at radius 2 is 1.88 bits per heavy atom. The van der Waals surface area contributed by atoms with Gasteiger partial charge in [0.05, 0.1) is 0 Å². The predicted octanol–water partition coefficient (Wildman–Crippen LogP) is 1.27. The van der Waals surface area contributed by atoms with E-state index in [1.54, 1.807) is 0 Å². The van der Waals surface area contributed by atoms with Crippen molar-refractivity contribution in [3.8, 4) is 0 Å². The zero-order valence-corrected chi connectivity index (χ0v) is 10.2. The maximum Gasteiger partial charge on any atom is 0.222 e. The first-order valence-corrected chi connectivity index (χ1v) is 6.54. The second-order valence-electron chi connectivity index (χ2n) is 6.75. The first kappa shape index (κ1) is 10.6. The molecule has 3 nitrogen and oxygen atoms in total. The van der Waals surface area contributed by atoms with Gasteiger partial charge in [0.25, 0.3) is 0 Å². The number of nitrogens with two attached hydrogens (primary N) is 1. The Morgan fingerprint density at radius 1 is 1.31 bits per heavy atom. The Kier molecular flexibility index (Phi) is 2.13. The van der Waals surface area contributed by atoms with Gasteiger partial charge in [-0.3, -0.25) is 4.79 Å². The van der Waals surface area contributed by atoms with Gasteiger partial charge in [0.1, 0.15) is 0 Å². The van der Waals surface area contributed by atoms with Crippen molar-refractivity contribution < 1.29 is 4.79 Å². The number of hydrogen-bond acceptors (Lipinski definition) is 2. The number of amides is 1. The fourth-order valence-corrected chi connectivity index (χ4v) is 4.17. The summed E-state index contributed by atoms with van der Waals surface area (Å²) in [6, 6.07) is 0.501. The molecule has 3 aliphatic carbocycles. The number of carbonyl (C=O) groups is 1. The Bertz CT molecular complexity index is 304. The van der Waals surface area contributed by atoms with E-state index in [1.165, 1.54) is 19.3 Å². The molecule has 16 heavy (non-hydrogen) atoms. The van der Waals surface area contributed by atoms with E-state index in [-0.39, 0.29) is 11.4 Å². The van der Waals surface area contributed by atoms with Crippen molar-refractivity contribution in [1.29, 1.82) is 0 Å². The maximum atomic E-state index is 11.8. The molecule has 0 aromatic heterocycles. The van der Waals surface area contributed by atoms with E-state index in [0.717, 1.165) is 23.7 Å². The van der Waals surface area contributed by atoms with Gasteiger partial charge in [-0.25, -0.2) is 0 Å². The normalized spacial score (nSPS) is 44.3. The standard InChI is InChI=1S/C13H22N2O/c1-13(2,14)6-9(16)15-12-10-7-3-4-8(5-7)11(10)12/h7-8,10-12H,3-6,14H2,1-2H3,(H,15,16). The third kappa shape index (κ3) is 1.65. The molecule has 4 atom stereocenters. The summed E-state index contributed by atoms with van der Waals surface area (Å²) in [5.41, 5.74) is 5.47. The van der Waals surface area contributed by atoms with Crippen LogP contribution in [-0.2, 0) is 4.79 Å². The molecule has 0 aromatic rings. The third-order valence-electron chi connectivity index (χ3n) is 4.68. The highest BCUT2D eigenvalue weighted by Gasteiger charge is 2.65. The van der Waals surface area contributed by atoms with E-state index in [4.69, 9.17) is 5.73 Å². The molecule has 90 valence electrons. The minimum absolute atomic E-state index is 0.145. The van der Waals surface area contributed by atoms with Crippen LogP contribution in [0.3, 0.4) is 0 Å². The summed E-state index contributed by atoms with van der Waals surface area (Å²) < 4.78 is 0. The molecule has 0 heterocycles. The number of carbonyl (C=O) groups excluding carboxylic acids is 1. The van der Waals surface area contributed by atoms with Crippen LogP contribution in [0.4, 0.5) is 0 Å². The van der Waals surface area contributed by atoms with Gasteiger partial charge in [-0.1, -0.05) is 0 Å². The second kappa shape index (κ2) is 3.22. The monoisotopic (exact) mass is 222 g/mol. The van der Waals surface area contributed by atoms with Crippen molar-refractivity contribution in [3.05, 3.63) is 0 Å². The molecule has 3 saturated carbocycles. The van der Waals surface area contributed by atoms with Crippen LogP contribution in [0.25, 0.3) is 0 Å². The Balaban J connectivity index is 1.53. The van der Waals surface area contributed by atoms with Crippen molar-refractivity contribution in [1.82, 2.24) is 5.32 Å². The van der Waals surface area contributed by atoms with Crippen molar-refractivity contribution >= 4 is 5.91 Å². The fourth-order valence-electron chi connectivity index (χ4n) is 4.17. The minimum Gasteiger partial charge on any atom is -0.353 e.